The first-order valence-electron chi connectivity index (χ1n) is 5.68. The van der Waals surface area contributed by atoms with Gasteiger partial charge >= 0.3 is 0 Å². The molecule has 0 saturated carbocycles. The average Bonchev–Trinajstić information content (AvgIpc) is 2.76. The van der Waals surface area contributed by atoms with Crippen LogP contribution in [0.2, 0.25) is 0 Å². The van der Waals surface area contributed by atoms with Crippen molar-refractivity contribution in [2.45, 2.75) is 11.5 Å². The molecule has 1 heterocycles. The summed E-state index contributed by atoms with van der Waals surface area (Å²) in [5.41, 5.74) is 1.71. The lowest BCUT2D eigenvalue weighted by atomic mass is 10.2. The van der Waals surface area contributed by atoms with Gasteiger partial charge in [0.2, 0.25) is 10.0 Å². The summed E-state index contributed by atoms with van der Waals surface area (Å²) in [6.45, 7) is -0.169. The van der Waals surface area contributed by atoms with E-state index in [1.165, 1.54) is 16.8 Å². The van der Waals surface area contributed by atoms with Crippen LogP contribution in [0.3, 0.4) is 0 Å². The van der Waals surface area contributed by atoms with E-state index in [0.29, 0.717) is 16.8 Å². The zero-order chi connectivity index (χ0) is 14.8. The van der Waals surface area contributed by atoms with Crippen molar-refractivity contribution in [2.75, 3.05) is 0 Å². The molecule has 104 valence electrons. The molecule has 20 heavy (non-hydrogen) atoms. The Bertz CT molecular complexity index is 798. The molecule has 0 aliphatic rings. The molecule has 0 radical (unpaired) electrons. The molecule has 0 aliphatic heterocycles. The smallest absolute Gasteiger partial charge is 0.238 e. The summed E-state index contributed by atoms with van der Waals surface area (Å²) in [6, 6.07) is 6.05. The van der Waals surface area contributed by atoms with Gasteiger partial charge in [-0.3, -0.25) is 4.68 Å². The molecule has 0 aliphatic carbocycles. The maximum Gasteiger partial charge on any atom is 0.238 e. The number of aliphatic hydroxyl groups is 1. The largest absolute Gasteiger partial charge is 0.390 e. The third-order valence-electron chi connectivity index (χ3n) is 2.72. The fourth-order valence-corrected chi connectivity index (χ4v) is 2.20. The molecule has 0 unspecified atom stereocenters. The van der Waals surface area contributed by atoms with Crippen LogP contribution in [0.5, 0.6) is 0 Å². The predicted octanol–water partition coefficient (Wildman–Crippen LogP) is -0.0404. The fourth-order valence-electron chi connectivity index (χ4n) is 1.65. The summed E-state index contributed by atoms with van der Waals surface area (Å²) >= 11 is 0. The second-order valence-electron chi connectivity index (χ2n) is 4.11. The zero-order valence-corrected chi connectivity index (χ0v) is 11.6. The Balaban J connectivity index is 2.39. The highest BCUT2D eigenvalue weighted by Gasteiger charge is 2.07. The third-order valence-corrected chi connectivity index (χ3v) is 3.63. The summed E-state index contributed by atoms with van der Waals surface area (Å²) in [7, 11) is -2.03. The highest BCUT2D eigenvalue weighted by molar-refractivity contribution is 7.89. The van der Waals surface area contributed by atoms with Gasteiger partial charge in [0.05, 0.1) is 29.0 Å². The molecule has 6 nitrogen and oxygen atoms in total. The predicted molar refractivity (Wildman–Crippen MR) is 72.9 cm³/mol. The maximum atomic E-state index is 11.2. The van der Waals surface area contributed by atoms with Crippen LogP contribution in [0.25, 0.3) is 0 Å². The van der Waals surface area contributed by atoms with Gasteiger partial charge in [0.25, 0.3) is 0 Å². The second kappa shape index (κ2) is 5.46. The van der Waals surface area contributed by atoms with Crippen LogP contribution >= 0.6 is 0 Å². The van der Waals surface area contributed by atoms with E-state index in [0.717, 1.165) is 0 Å². The minimum Gasteiger partial charge on any atom is -0.390 e. The van der Waals surface area contributed by atoms with Crippen LogP contribution in [-0.2, 0) is 23.7 Å². The number of hydrogen-bond acceptors (Lipinski definition) is 4. The molecule has 2 aromatic rings. The molecule has 7 heteroatoms. The first-order chi connectivity index (χ1) is 9.41. The van der Waals surface area contributed by atoms with Gasteiger partial charge in [-0.25, -0.2) is 13.6 Å². The molecule has 1 aromatic carbocycles. The molecule has 0 spiro atoms. The number of primary sulfonamides is 1. The number of aliphatic hydroxyl groups excluding tert-OH is 1. The molecular weight excluding hydrogens is 278 g/mol. The van der Waals surface area contributed by atoms with Gasteiger partial charge < -0.3 is 5.11 Å². The molecule has 0 bridgehead atoms. The lowest BCUT2D eigenvalue weighted by Gasteiger charge is -1.98. The normalized spacial score (nSPS) is 10.9. The molecule has 0 fully saturated rings. The van der Waals surface area contributed by atoms with Crippen LogP contribution < -0.4 is 5.14 Å². The second-order valence-corrected chi connectivity index (χ2v) is 5.67. The van der Waals surface area contributed by atoms with E-state index >= 15 is 0 Å². The van der Waals surface area contributed by atoms with E-state index in [9.17, 15) is 13.5 Å². The lowest BCUT2D eigenvalue weighted by Crippen LogP contribution is -2.11. The lowest BCUT2D eigenvalue weighted by molar-refractivity contribution is 0.270. The van der Waals surface area contributed by atoms with Crippen LogP contribution in [0.1, 0.15) is 16.8 Å². The van der Waals surface area contributed by atoms with Crippen LogP contribution in [0.15, 0.2) is 35.4 Å². The number of nitrogens with two attached hydrogens (primary N) is 1. The van der Waals surface area contributed by atoms with E-state index in [-0.39, 0.29) is 11.5 Å². The quantitative estimate of drug-likeness (QED) is 0.758. The van der Waals surface area contributed by atoms with Gasteiger partial charge in [0.1, 0.15) is 0 Å². The van der Waals surface area contributed by atoms with Gasteiger partial charge in [-0.05, 0) is 18.2 Å². The summed E-state index contributed by atoms with van der Waals surface area (Å²) < 4.78 is 24.0. The first kappa shape index (κ1) is 14.3. The summed E-state index contributed by atoms with van der Waals surface area (Å²) in [5.74, 6) is 5.68. The fraction of sp³-hybridized carbons (Fsp3) is 0.154. The minimum absolute atomic E-state index is 0.0119. The van der Waals surface area contributed by atoms with Crippen molar-refractivity contribution in [2.24, 2.45) is 12.2 Å². The molecule has 1 aromatic heterocycles. The molecule has 0 atom stereocenters. The number of sulfonamides is 1. The van der Waals surface area contributed by atoms with E-state index in [2.05, 4.69) is 16.9 Å². The Hall–Kier alpha value is -2.14. The average molecular weight is 291 g/mol. The monoisotopic (exact) mass is 291 g/mol. The van der Waals surface area contributed by atoms with Gasteiger partial charge in [0.15, 0.2) is 0 Å². The Labute approximate surface area is 116 Å². The van der Waals surface area contributed by atoms with E-state index in [4.69, 9.17) is 5.14 Å². The van der Waals surface area contributed by atoms with Gasteiger partial charge in [-0.2, -0.15) is 5.10 Å². The van der Waals surface area contributed by atoms with Crippen molar-refractivity contribution in [3.63, 3.8) is 0 Å². The number of aryl methyl sites for hydroxylation is 1. The summed E-state index contributed by atoms with van der Waals surface area (Å²) in [4.78, 5) is 0.0119. The van der Waals surface area contributed by atoms with Crippen molar-refractivity contribution >= 4 is 10.0 Å². The number of nitrogens with zero attached hydrogens (tertiary/aromatic N) is 2. The Morgan fingerprint density at radius 1 is 1.40 bits per heavy atom. The molecular formula is C13H13N3O3S. The first-order valence-corrected chi connectivity index (χ1v) is 7.23. The van der Waals surface area contributed by atoms with Gasteiger partial charge in [-0.1, -0.05) is 17.9 Å². The Morgan fingerprint density at radius 2 is 2.15 bits per heavy atom. The van der Waals surface area contributed by atoms with Crippen LogP contribution in [0.4, 0.5) is 0 Å². The van der Waals surface area contributed by atoms with E-state index < -0.39 is 10.0 Å². The third kappa shape index (κ3) is 3.05. The van der Waals surface area contributed by atoms with Crippen LogP contribution in [0, 0.1) is 11.8 Å². The standard InChI is InChI=1S/C13H13N3O3S/c1-16-13(9-17)11(8-15-16)6-5-10-3-2-4-12(7-10)20(14,18)19/h2-4,7-8,17H,9H2,1H3,(H2,14,18,19). The molecule has 3 N–H and O–H groups in total. The molecule has 0 amide bonds. The van der Waals surface area contributed by atoms with Gasteiger partial charge in [0, 0.05) is 12.6 Å². The van der Waals surface area contributed by atoms with Crippen molar-refractivity contribution in [1.82, 2.24) is 9.78 Å². The highest BCUT2D eigenvalue weighted by Crippen LogP contribution is 2.10. The van der Waals surface area contributed by atoms with Crippen LogP contribution in [-0.4, -0.2) is 23.3 Å². The minimum atomic E-state index is -3.74. The molecule has 2 rings (SSSR count). The summed E-state index contributed by atoms with van der Waals surface area (Å²) in [6.07, 6.45) is 1.54. The number of benzene rings is 1. The Morgan fingerprint density at radius 3 is 2.80 bits per heavy atom. The van der Waals surface area contributed by atoms with Crippen molar-refractivity contribution in [1.29, 1.82) is 0 Å². The van der Waals surface area contributed by atoms with Crippen molar-refractivity contribution in [3.05, 3.63) is 47.3 Å². The number of rotatable bonds is 2. The Kier molecular flexibility index (Phi) is 3.90. The topological polar surface area (TPSA) is 98.2 Å². The highest BCUT2D eigenvalue weighted by atomic mass is 32.2. The number of hydrogen-bond donors (Lipinski definition) is 2. The van der Waals surface area contributed by atoms with Crippen molar-refractivity contribution < 1.29 is 13.5 Å². The van der Waals surface area contributed by atoms with E-state index in [1.54, 1.807) is 25.4 Å². The van der Waals surface area contributed by atoms with E-state index in [1.807, 2.05) is 0 Å². The SMILES string of the molecule is Cn1ncc(C#Cc2cccc(S(N)(=O)=O)c2)c1CO. The summed E-state index contributed by atoms with van der Waals surface area (Å²) in [5, 5.41) is 18.3. The molecule has 0 saturated heterocycles. The van der Waals surface area contributed by atoms with Gasteiger partial charge in [-0.15, -0.1) is 0 Å². The zero-order valence-electron chi connectivity index (χ0n) is 10.7. The maximum absolute atomic E-state index is 11.2. The number of aromatic nitrogens is 2. The van der Waals surface area contributed by atoms with Crippen molar-refractivity contribution in [3.8, 4) is 11.8 Å².